The van der Waals surface area contributed by atoms with Crippen molar-refractivity contribution in [2.75, 3.05) is 4.90 Å². The van der Waals surface area contributed by atoms with E-state index in [9.17, 15) is 0 Å². The molecule has 0 saturated heterocycles. The van der Waals surface area contributed by atoms with Gasteiger partial charge in [-0.15, -0.1) is 22.7 Å². The Morgan fingerprint density at radius 1 is 0.294 bits per heavy atom. The first-order chi connectivity index (χ1) is 33.7. The van der Waals surface area contributed by atoms with E-state index in [4.69, 9.17) is 0 Å². The van der Waals surface area contributed by atoms with Crippen molar-refractivity contribution in [3.8, 4) is 11.1 Å². The molecule has 15 rings (SSSR count). The van der Waals surface area contributed by atoms with Gasteiger partial charge in [0.2, 0.25) is 0 Å². The van der Waals surface area contributed by atoms with Crippen LogP contribution in [-0.4, -0.2) is 0 Å². The van der Waals surface area contributed by atoms with Crippen LogP contribution in [0.15, 0.2) is 237 Å². The van der Waals surface area contributed by atoms with Crippen molar-refractivity contribution in [3.05, 3.63) is 259 Å². The number of rotatable bonds is 5. The summed E-state index contributed by atoms with van der Waals surface area (Å²) < 4.78 is 5.36. The first kappa shape index (κ1) is 38.1. The molecule has 1 nitrogen and oxygen atoms in total. The van der Waals surface area contributed by atoms with Crippen molar-refractivity contribution >= 4 is 123 Å². The average Bonchev–Trinajstić information content (AvgIpc) is 4.07. The Hall–Kier alpha value is -8.08. The maximum Gasteiger partial charge on any atom is 0.0714 e. The Bertz CT molecular complexity index is 4160. The van der Waals surface area contributed by atoms with Crippen LogP contribution in [0.1, 0.15) is 22.3 Å². The van der Waals surface area contributed by atoms with Crippen LogP contribution in [0.25, 0.3) is 94.6 Å². The van der Waals surface area contributed by atoms with E-state index in [0.717, 1.165) is 17.1 Å². The summed E-state index contributed by atoms with van der Waals surface area (Å²) in [6.45, 7) is 0. The first-order valence-electron chi connectivity index (χ1n) is 23.4. The van der Waals surface area contributed by atoms with E-state index in [2.05, 4.69) is 241 Å². The molecule has 316 valence electrons. The predicted molar refractivity (Wildman–Crippen MR) is 294 cm³/mol. The molecule has 3 heteroatoms. The molecular weight excluding hydrogens is 859 g/mol. The monoisotopic (exact) mass is 897 g/mol. The zero-order chi connectivity index (χ0) is 44.5. The van der Waals surface area contributed by atoms with Gasteiger partial charge in [-0.3, -0.25) is 0 Å². The largest absolute Gasteiger partial charge is 0.310 e. The lowest BCUT2D eigenvalue weighted by atomic mass is 9.67. The van der Waals surface area contributed by atoms with E-state index in [-0.39, 0.29) is 0 Å². The molecule has 0 spiro atoms. The van der Waals surface area contributed by atoms with Crippen molar-refractivity contribution in [2.24, 2.45) is 0 Å². The molecular formula is C65H39NS2. The summed E-state index contributed by atoms with van der Waals surface area (Å²) in [7, 11) is 0. The molecule has 68 heavy (non-hydrogen) atoms. The molecule has 0 unspecified atom stereocenters. The maximum absolute atomic E-state index is 2.50. The summed E-state index contributed by atoms with van der Waals surface area (Å²) in [6, 6.07) is 88.9. The van der Waals surface area contributed by atoms with Gasteiger partial charge in [-0.05, 0) is 114 Å². The van der Waals surface area contributed by atoms with E-state index in [1.807, 2.05) is 22.7 Å². The summed E-state index contributed by atoms with van der Waals surface area (Å²) in [5, 5.41) is 15.5. The van der Waals surface area contributed by atoms with Crippen molar-refractivity contribution in [1.29, 1.82) is 0 Å². The number of hydrogen-bond donors (Lipinski definition) is 0. The van der Waals surface area contributed by atoms with Crippen LogP contribution in [-0.2, 0) is 5.41 Å². The third kappa shape index (κ3) is 5.31. The third-order valence-corrected chi connectivity index (χ3v) is 17.3. The van der Waals surface area contributed by atoms with Gasteiger partial charge in [0.05, 0.1) is 5.41 Å². The van der Waals surface area contributed by atoms with Crippen LogP contribution < -0.4 is 4.90 Å². The minimum absolute atomic E-state index is 0.522. The molecule has 2 aromatic heterocycles. The van der Waals surface area contributed by atoms with Gasteiger partial charge in [0.15, 0.2) is 0 Å². The van der Waals surface area contributed by atoms with Crippen LogP contribution in [0.5, 0.6) is 0 Å². The van der Waals surface area contributed by atoms with Crippen LogP contribution in [0.2, 0.25) is 0 Å². The normalized spacial score (nSPS) is 13.1. The van der Waals surface area contributed by atoms with Crippen molar-refractivity contribution in [2.45, 2.75) is 5.41 Å². The predicted octanol–water partition coefficient (Wildman–Crippen LogP) is 18.9. The van der Waals surface area contributed by atoms with Gasteiger partial charge in [0.1, 0.15) is 0 Å². The van der Waals surface area contributed by atoms with Gasteiger partial charge in [-0.2, -0.15) is 0 Å². The van der Waals surface area contributed by atoms with Gasteiger partial charge in [0, 0.05) is 68.2 Å². The minimum atomic E-state index is -0.522. The molecule has 12 aromatic carbocycles. The van der Waals surface area contributed by atoms with Crippen LogP contribution >= 0.6 is 22.7 Å². The van der Waals surface area contributed by atoms with Crippen molar-refractivity contribution in [3.63, 3.8) is 0 Å². The molecule has 1 aliphatic rings. The fourth-order valence-electron chi connectivity index (χ4n) is 11.9. The molecule has 0 bridgehead atoms. The van der Waals surface area contributed by atoms with Gasteiger partial charge >= 0.3 is 0 Å². The number of nitrogens with zero attached hydrogens (tertiary/aromatic N) is 1. The second-order valence-electron chi connectivity index (χ2n) is 18.3. The summed E-state index contributed by atoms with van der Waals surface area (Å²) in [4.78, 5) is 2.50. The zero-order valence-corrected chi connectivity index (χ0v) is 38.4. The SMILES string of the molecule is c1ccc(C2(c3ccccc3)c3ccccc3-c3ccc(N(c4ccc5c(ccc6ccc7c8ccccc8sc7c65)c4)c4ccc5c(ccc6ccc7c8ccccc8sc7c65)c4)cc32)cc1. The standard InChI is InChI=1S/C65H39NS2/c1-3-13-44(14-4-1)65(45-15-5-2-6-16-45)57-20-10-7-17-51(57)52-36-31-48(39-58(52)65)66(46-29-34-49-42(37-46)25-23-40-27-32-55-53-18-8-11-21-59(53)67-63(55)61(40)49)47-30-35-50-43(38-47)26-24-41-28-33-56-54-19-9-12-22-60(54)68-64(56)62(41)50/h1-39H. The second-order valence-corrected chi connectivity index (χ2v) is 20.4. The second kappa shape index (κ2) is 14.5. The highest BCUT2D eigenvalue weighted by Gasteiger charge is 2.46. The third-order valence-electron chi connectivity index (χ3n) is 14.9. The molecule has 0 saturated carbocycles. The molecule has 0 aliphatic heterocycles. The fraction of sp³-hybridized carbons (Fsp3) is 0.0154. The molecule has 14 aromatic rings. The summed E-state index contributed by atoms with van der Waals surface area (Å²) in [5.41, 5.74) is 10.5. The van der Waals surface area contributed by atoms with Gasteiger partial charge in [0.25, 0.3) is 0 Å². The molecule has 1 aliphatic carbocycles. The lowest BCUT2D eigenvalue weighted by Crippen LogP contribution is -2.28. The maximum atomic E-state index is 2.50. The Labute approximate surface area is 401 Å². The van der Waals surface area contributed by atoms with Gasteiger partial charge in [-0.25, -0.2) is 0 Å². The van der Waals surface area contributed by atoms with Gasteiger partial charge < -0.3 is 4.90 Å². The Balaban J connectivity index is 0.992. The molecule has 0 amide bonds. The van der Waals surface area contributed by atoms with E-state index in [1.165, 1.54) is 117 Å². The van der Waals surface area contributed by atoms with E-state index < -0.39 is 5.41 Å². The van der Waals surface area contributed by atoms with Crippen LogP contribution in [0.3, 0.4) is 0 Å². The molecule has 0 N–H and O–H groups in total. The molecule has 0 radical (unpaired) electrons. The highest BCUT2D eigenvalue weighted by atomic mass is 32.1. The average molecular weight is 898 g/mol. The van der Waals surface area contributed by atoms with Crippen LogP contribution in [0, 0.1) is 0 Å². The zero-order valence-electron chi connectivity index (χ0n) is 36.8. The van der Waals surface area contributed by atoms with Crippen molar-refractivity contribution in [1.82, 2.24) is 0 Å². The minimum Gasteiger partial charge on any atom is -0.310 e. The molecule has 0 fully saturated rings. The smallest absolute Gasteiger partial charge is 0.0714 e. The van der Waals surface area contributed by atoms with E-state index in [1.54, 1.807) is 0 Å². The Morgan fingerprint density at radius 3 is 1.29 bits per heavy atom. The lowest BCUT2D eigenvalue weighted by molar-refractivity contribution is 0.768. The topological polar surface area (TPSA) is 3.24 Å². The Kier molecular flexibility index (Phi) is 8.09. The summed E-state index contributed by atoms with van der Waals surface area (Å²) in [6.07, 6.45) is 0. The quantitative estimate of drug-likeness (QED) is 0.156. The lowest BCUT2D eigenvalue weighted by Gasteiger charge is -2.35. The van der Waals surface area contributed by atoms with E-state index in [0.29, 0.717) is 0 Å². The highest BCUT2D eigenvalue weighted by Crippen LogP contribution is 2.57. The summed E-state index contributed by atoms with van der Waals surface area (Å²) in [5.74, 6) is 0. The number of hydrogen-bond acceptors (Lipinski definition) is 3. The first-order valence-corrected chi connectivity index (χ1v) is 25.0. The molecule has 0 atom stereocenters. The number of anilines is 3. The van der Waals surface area contributed by atoms with Crippen LogP contribution in [0.4, 0.5) is 17.1 Å². The molecule has 2 heterocycles. The number of thiophene rings is 2. The Morgan fingerprint density at radius 2 is 0.721 bits per heavy atom. The van der Waals surface area contributed by atoms with Gasteiger partial charge in [-0.1, -0.05) is 188 Å². The van der Waals surface area contributed by atoms with Crippen molar-refractivity contribution < 1.29 is 0 Å². The summed E-state index contributed by atoms with van der Waals surface area (Å²) >= 11 is 3.81. The number of benzene rings is 12. The fourth-order valence-corrected chi connectivity index (χ4v) is 14.5. The highest BCUT2D eigenvalue weighted by molar-refractivity contribution is 7.27. The number of fused-ring (bicyclic) bond motifs is 17. The van der Waals surface area contributed by atoms with E-state index >= 15 is 0 Å².